The maximum atomic E-state index is 10.8. The minimum absolute atomic E-state index is 0. The number of nitrogens with one attached hydrogen (secondary N) is 1. The molecule has 0 aliphatic heterocycles. The Morgan fingerprint density at radius 1 is 1.44 bits per heavy atom. The van der Waals surface area contributed by atoms with Crippen LogP contribution in [0.2, 0.25) is 25.7 Å². The van der Waals surface area contributed by atoms with Crippen molar-refractivity contribution in [2.24, 2.45) is 0 Å². The fraction of sp³-hybridized carbons (Fsp3) is 0.727. The van der Waals surface area contributed by atoms with E-state index in [2.05, 4.69) is 31.5 Å². The summed E-state index contributed by atoms with van der Waals surface area (Å²) in [7, 11) is -1.65. The molecule has 0 aromatic carbocycles. The molecule has 0 fully saturated rings. The summed E-state index contributed by atoms with van der Waals surface area (Å²) in [4.78, 5) is 10.8. The molecule has 98 valence electrons. The first-order valence-corrected chi connectivity index (χ1v) is 9.98. The highest BCUT2D eigenvalue weighted by Gasteiger charge is 2.12. The Morgan fingerprint density at radius 2 is 2.00 bits per heavy atom. The highest BCUT2D eigenvalue weighted by molar-refractivity contribution is 6.73. The quantitative estimate of drug-likeness (QED) is 0.435. The molecule has 0 aromatic rings. The molecule has 0 aliphatic carbocycles. The van der Waals surface area contributed by atoms with Crippen molar-refractivity contribution in [1.82, 2.24) is 5.32 Å². The molecule has 16 heavy (non-hydrogen) atoms. The van der Waals surface area contributed by atoms with E-state index in [9.17, 15) is 4.79 Å². The van der Waals surface area contributed by atoms with Gasteiger partial charge in [0, 0.05) is 6.54 Å². The van der Waals surface area contributed by atoms with Gasteiger partial charge in [-0.05, 0) is 38.2 Å². The third-order valence-corrected chi connectivity index (χ3v) is 6.66. The van der Waals surface area contributed by atoms with Crippen LogP contribution < -0.4 is 5.32 Å². The zero-order chi connectivity index (χ0) is 11.0. The van der Waals surface area contributed by atoms with Crippen molar-refractivity contribution in [3.8, 4) is 0 Å². The number of rotatable bonds is 7. The van der Waals surface area contributed by atoms with E-state index in [0.717, 1.165) is 19.0 Å². The van der Waals surface area contributed by atoms with Gasteiger partial charge in [0.25, 0.3) is 0 Å². The van der Waals surface area contributed by atoms with E-state index in [-0.39, 0.29) is 30.5 Å². The summed E-state index contributed by atoms with van der Waals surface area (Å²) in [6, 6.07) is 1.14. The standard InChI is InChI=1S/C9H21NO2Si2.2CH4/c1-5-9(11)10-7-6-8-13-12-14(2,3)4;;/h5H,1,6-8,13H2,2-4H3,(H,10,11);2*1H4. The molecule has 0 radical (unpaired) electrons. The van der Waals surface area contributed by atoms with Gasteiger partial charge < -0.3 is 9.43 Å². The minimum atomic E-state index is -1.29. The Hall–Kier alpha value is -0.396. The lowest BCUT2D eigenvalue weighted by atomic mass is 10.4. The predicted octanol–water partition coefficient (Wildman–Crippen LogP) is 2.30. The van der Waals surface area contributed by atoms with E-state index in [0.29, 0.717) is 0 Å². The molecule has 0 unspecified atom stereocenters. The highest BCUT2D eigenvalue weighted by Crippen LogP contribution is 2.02. The molecule has 0 bridgehead atoms. The Bertz CT molecular complexity index is 191. The second-order valence-corrected chi connectivity index (χ2v) is 10.7. The summed E-state index contributed by atoms with van der Waals surface area (Å²) in [6.45, 7) is 10.8. The maximum absolute atomic E-state index is 10.8. The van der Waals surface area contributed by atoms with E-state index >= 15 is 0 Å². The SMILES string of the molecule is C.C.C=CC(=O)NCCC[SiH2]O[Si](C)(C)C. The Morgan fingerprint density at radius 3 is 2.44 bits per heavy atom. The molecule has 0 saturated heterocycles. The Balaban J connectivity index is -0.000000845. The van der Waals surface area contributed by atoms with Crippen LogP contribution >= 0.6 is 0 Å². The van der Waals surface area contributed by atoms with Crippen LogP contribution in [0.4, 0.5) is 0 Å². The van der Waals surface area contributed by atoms with Crippen LogP contribution in [-0.4, -0.2) is 30.5 Å². The summed E-state index contributed by atoms with van der Waals surface area (Å²) < 4.78 is 5.81. The molecule has 0 aromatic heterocycles. The minimum Gasteiger partial charge on any atom is -0.461 e. The number of amides is 1. The number of carbonyl (C=O) groups excluding carboxylic acids is 1. The topological polar surface area (TPSA) is 38.3 Å². The van der Waals surface area contributed by atoms with Crippen LogP contribution in [0.3, 0.4) is 0 Å². The largest absolute Gasteiger partial charge is 0.461 e. The molecule has 0 atom stereocenters. The van der Waals surface area contributed by atoms with Crippen molar-refractivity contribution in [2.75, 3.05) is 6.54 Å². The molecule has 0 rings (SSSR count). The van der Waals surface area contributed by atoms with E-state index < -0.39 is 8.32 Å². The molecule has 5 heteroatoms. The molecular formula is C11H29NO2Si2. The average molecular weight is 264 g/mol. The van der Waals surface area contributed by atoms with Crippen LogP contribution in [0.5, 0.6) is 0 Å². The second-order valence-electron chi connectivity index (χ2n) is 4.16. The monoisotopic (exact) mass is 263 g/mol. The van der Waals surface area contributed by atoms with Crippen molar-refractivity contribution >= 4 is 24.0 Å². The van der Waals surface area contributed by atoms with Crippen LogP contribution in [0, 0.1) is 0 Å². The summed E-state index contributed by atoms with van der Waals surface area (Å²) in [5, 5.41) is 2.75. The van der Waals surface area contributed by atoms with Gasteiger partial charge in [0.2, 0.25) is 5.91 Å². The molecule has 0 heterocycles. The molecular weight excluding hydrogens is 234 g/mol. The fourth-order valence-corrected chi connectivity index (χ4v) is 4.37. The van der Waals surface area contributed by atoms with E-state index in [1.807, 2.05) is 0 Å². The van der Waals surface area contributed by atoms with Gasteiger partial charge in [-0.2, -0.15) is 0 Å². The van der Waals surface area contributed by atoms with Crippen LogP contribution in [-0.2, 0) is 8.91 Å². The molecule has 3 nitrogen and oxygen atoms in total. The molecule has 1 amide bonds. The van der Waals surface area contributed by atoms with E-state index in [4.69, 9.17) is 4.12 Å². The van der Waals surface area contributed by atoms with Crippen molar-refractivity contribution in [2.45, 2.75) is 47.0 Å². The fourth-order valence-electron chi connectivity index (χ4n) is 0.889. The lowest BCUT2D eigenvalue weighted by Gasteiger charge is -2.17. The van der Waals surface area contributed by atoms with Crippen LogP contribution in [0.1, 0.15) is 21.3 Å². The zero-order valence-corrected chi connectivity index (χ0v) is 11.8. The smallest absolute Gasteiger partial charge is 0.243 e. The number of carbonyl (C=O) groups is 1. The lowest BCUT2D eigenvalue weighted by molar-refractivity contribution is -0.116. The van der Waals surface area contributed by atoms with Crippen LogP contribution in [0.15, 0.2) is 12.7 Å². The molecule has 0 aliphatic rings. The normalized spacial score (nSPS) is 10.4. The Labute approximate surface area is 105 Å². The third kappa shape index (κ3) is 16.0. The summed E-state index contributed by atoms with van der Waals surface area (Å²) >= 11 is 0. The van der Waals surface area contributed by atoms with Crippen molar-refractivity contribution in [1.29, 1.82) is 0 Å². The lowest BCUT2D eigenvalue weighted by Crippen LogP contribution is -2.28. The molecule has 0 saturated carbocycles. The van der Waals surface area contributed by atoms with Gasteiger partial charge in [-0.15, -0.1) is 0 Å². The van der Waals surface area contributed by atoms with E-state index in [1.165, 1.54) is 6.08 Å². The van der Waals surface area contributed by atoms with Gasteiger partial charge in [-0.3, -0.25) is 4.79 Å². The van der Waals surface area contributed by atoms with Gasteiger partial charge in [0.1, 0.15) is 9.76 Å². The van der Waals surface area contributed by atoms with Gasteiger partial charge in [0.15, 0.2) is 8.32 Å². The number of hydrogen-bond donors (Lipinski definition) is 1. The van der Waals surface area contributed by atoms with Gasteiger partial charge in [0.05, 0.1) is 0 Å². The Kier molecular flexibility index (Phi) is 14.5. The zero-order valence-electron chi connectivity index (χ0n) is 9.43. The van der Waals surface area contributed by atoms with Gasteiger partial charge in [-0.1, -0.05) is 21.4 Å². The maximum Gasteiger partial charge on any atom is 0.243 e. The van der Waals surface area contributed by atoms with Crippen molar-refractivity contribution < 1.29 is 8.91 Å². The average Bonchev–Trinajstić information content (AvgIpc) is 2.08. The first kappa shape index (κ1) is 20.9. The first-order chi connectivity index (χ1) is 6.45. The van der Waals surface area contributed by atoms with E-state index in [1.54, 1.807) is 0 Å². The van der Waals surface area contributed by atoms with Crippen LogP contribution in [0.25, 0.3) is 0 Å². The second kappa shape index (κ2) is 11.1. The summed E-state index contributed by atoms with van der Waals surface area (Å²) in [6.07, 6.45) is 2.33. The highest BCUT2D eigenvalue weighted by atomic mass is 28.4. The van der Waals surface area contributed by atoms with Gasteiger partial charge >= 0.3 is 0 Å². The third-order valence-electron chi connectivity index (χ3n) is 1.59. The number of hydrogen-bond acceptors (Lipinski definition) is 2. The molecule has 0 spiro atoms. The summed E-state index contributed by atoms with van der Waals surface area (Å²) in [5.74, 6) is -0.0854. The van der Waals surface area contributed by atoms with Crippen molar-refractivity contribution in [3.05, 3.63) is 12.7 Å². The summed E-state index contributed by atoms with van der Waals surface area (Å²) in [5.41, 5.74) is 0. The predicted molar refractivity (Wildman–Crippen MR) is 79.1 cm³/mol. The molecule has 1 N–H and O–H groups in total. The van der Waals surface area contributed by atoms with Crippen molar-refractivity contribution in [3.63, 3.8) is 0 Å². The van der Waals surface area contributed by atoms with Gasteiger partial charge in [-0.25, -0.2) is 0 Å². The first-order valence-electron chi connectivity index (χ1n) is 5.00.